The first kappa shape index (κ1) is 10.9. The summed E-state index contributed by atoms with van der Waals surface area (Å²) in [6.07, 6.45) is 3.88. The summed E-state index contributed by atoms with van der Waals surface area (Å²) in [5, 5.41) is 9.52. The molecule has 0 aromatic heterocycles. The van der Waals surface area contributed by atoms with Gasteiger partial charge in [0.1, 0.15) is 13.2 Å². The van der Waals surface area contributed by atoms with Crippen LogP contribution in [0.2, 0.25) is 0 Å². The SMILES string of the molecule is OC1CCC(c2ccc3c(c2)OCCO3)CC1. The average Bonchev–Trinajstić information content (AvgIpc) is 2.39. The Morgan fingerprint density at radius 3 is 2.41 bits per heavy atom. The second-order valence-corrected chi connectivity index (χ2v) is 4.91. The van der Waals surface area contributed by atoms with Gasteiger partial charge in [0.05, 0.1) is 6.10 Å². The third kappa shape index (κ3) is 2.25. The molecule has 3 nitrogen and oxygen atoms in total. The average molecular weight is 234 g/mol. The summed E-state index contributed by atoms with van der Waals surface area (Å²) in [5.41, 5.74) is 1.32. The fourth-order valence-corrected chi connectivity index (χ4v) is 2.72. The van der Waals surface area contributed by atoms with Gasteiger partial charge in [-0.15, -0.1) is 0 Å². The highest BCUT2D eigenvalue weighted by atomic mass is 16.6. The smallest absolute Gasteiger partial charge is 0.161 e. The minimum Gasteiger partial charge on any atom is -0.486 e. The van der Waals surface area contributed by atoms with Crippen molar-refractivity contribution in [1.82, 2.24) is 0 Å². The largest absolute Gasteiger partial charge is 0.486 e. The molecule has 1 saturated carbocycles. The highest BCUT2D eigenvalue weighted by Gasteiger charge is 2.22. The van der Waals surface area contributed by atoms with E-state index in [0.29, 0.717) is 19.1 Å². The van der Waals surface area contributed by atoms with E-state index in [1.165, 1.54) is 5.56 Å². The fourth-order valence-electron chi connectivity index (χ4n) is 2.72. The van der Waals surface area contributed by atoms with Gasteiger partial charge in [0.25, 0.3) is 0 Å². The summed E-state index contributed by atoms with van der Waals surface area (Å²) < 4.78 is 11.1. The van der Waals surface area contributed by atoms with Gasteiger partial charge in [-0.3, -0.25) is 0 Å². The van der Waals surface area contributed by atoms with Gasteiger partial charge in [0, 0.05) is 0 Å². The van der Waals surface area contributed by atoms with Gasteiger partial charge in [-0.1, -0.05) is 6.07 Å². The van der Waals surface area contributed by atoms with Crippen molar-refractivity contribution in [3.63, 3.8) is 0 Å². The first-order valence-corrected chi connectivity index (χ1v) is 6.40. The van der Waals surface area contributed by atoms with Crippen LogP contribution < -0.4 is 9.47 Å². The maximum Gasteiger partial charge on any atom is 0.161 e. The van der Waals surface area contributed by atoms with Crippen LogP contribution in [0.3, 0.4) is 0 Å². The van der Waals surface area contributed by atoms with Gasteiger partial charge < -0.3 is 14.6 Å². The lowest BCUT2D eigenvalue weighted by Crippen LogP contribution is -2.18. The highest BCUT2D eigenvalue weighted by Crippen LogP contribution is 2.38. The van der Waals surface area contributed by atoms with Gasteiger partial charge >= 0.3 is 0 Å². The Kier molecular flexibility index (Phi) is 2.93. The zero-order valence-electron chi connectivity index (χ0n) is 9.89. The van der Waals surface area contributed by atoms with E-state index >= 15 is 0 Å². The maximum absolute atomic E-state index is 9.52. The molecule has 0 saturated heterocycles. The molecule has 3 heteroatoms. The van der Waals surface area contributed by atoms with Crippen LogP contribution in [0.1, 0.15) is 37.2 Å². The number of benzene rings is 1. The Balaban J connectivity index is 1.79. The van der Waals surface area contributed by atoms with E-state index in [1.807, 2.05) is 6.07 Å². The third-order valence-electron chi connectivity index (χ3n) is 3.73. The lowest BCUT2D eigenvalue weighted by molar-refractivity contribution is 0.122. The summed E-state index contributed by atoms with van der Waals surface area (Å²) in [6.45, 7) is 1.28. The summed E-state index contributed by atoms with van der Waals surface area (Å²) in [7, 11) is 0. The van der Waals surface area contributed by atoms with Gasteiger partial charge in [-0.05, 0) is 49.3 Å². The number of hydrogen-bond acceptors (Lipinski definition) is 3. The van der Waals surface area contributed by atoms with Crippen molar-refractivity contribution in [2.24, 2.45) is 0 Å². The van der Waals surface area contributed by atoms with Crippen LogP contribution in [0.25, 0.3) is 0 Å². The first-order valence-electron chi connectivity index (χ1n) is 6.40. The minimum atomic E-state index is -0.0940. The van der Waals surface area contributed by atoms with Crippen LogP contribution in [0.4, 0.5) is 0 Å². The van der Waals surface area contributed by atoms with E-state index in [9.17, 15) is 5.11 Å². The molecule has 17 heavy (non-hydrogen) atoms. The van der Waals surface area contributed by atoms with Crippen molar-refractivity contribution in [2.75, 3.05) is 13.2 Å². The Hall–Kier alpha value is -1.22. The number of aliphatic hydroxyl groups excluding tert-OH is 1. The van der Waals surface area contributed by atoms with Crippen molar-refractivity contribution >= 4 is 0 Å². The summed E-state index contributed by atoms with van der Waals surface area (Å²) in [4.78, 5) is 0. The Labute approximate surface area is 101 Å². The highest BCUT2D eigenvalue weighted by molar-refractivity contribution is 5.44. The zero-order chi connectivity index (χ0) is 11.7. The molecule has 1 aliphatic carbocycles. The molecule has 2 aliphatic rings. The third-order valence-corrected chi connectivity index (χ3v) is 3.73. The minimum absolute atomic E-state index is 0.0940. The molecule has 0 radical (unpaired) electrons. The number of fused-ring (bicyclic) bond motifs is 1. The monoisotopic (exact) mass is 234 g/mol. The lowest BCUT2D eigenvalue weighted by Gasteiger charge is -2.27. The number of hydrogen-bond donors (Lipinski definition) is 1. The summed E-state index contributed by atoms with van der Waals surface area (Å²) >= 11 is 0. The van der Waals surface area contributed by atoms with E-state index in [4.69, 9.17) is 9.47 Å². The lowest BCUT2D eigenvalue weighted by atomic mass is 9.83. The molecular formula is C14H18O3. The van der Waals surface area contributed by atoms with Crippen molar-refractivity contribution in [1.29, 1.82) is 0 Å². The predicted molar refractivity (Wildman–Crippen MR) is 64.6 cm³/mol. The van der Waals surface area contributed by atoms with Crippen molar-refractivity contribution < 1.29 is 14.6 Å². The van der Waals surface area contributed by atoms with Crippen molar-refractivity contribution in [2.45, 2.75) is 37.7 Å². The quantitative estimate of drug-likeness (QED) is 0.811. The van der Waals surface area contributed by atoms with Crippen LogP contribution in [0.15, 0.2) is 18.2 Å². The molecule has 0 bridgehead atoms. The van der Waals surface area contributed by atoms with Crippen LogP contribution in [-0.2, 0) is 0 Å². The van der Waals surface area contributed by atoms with Gasteiger partial charge in [0.15, 0.2) is 11.5 Å². The van der Waals surface area contributed by atoms with E-state index in [1.54, 1.807) is 0 Å². The van der Waals surface area contributed by atoms with Gasteiger partial charge in [0.2, 0.25) is 0 Å². The van der Waals surface area contributed by atoms with E-state index in [2.05, 4.69) is 12.1 Å². The summed E-state index contributed by atoms with van der Waals surface area (Å²) in [5.74, 6) is 2.30. The van der Waals surface area contributed by atoms with Crippen LogP contribution >= 0.6 is 0 Å². The first-order chi connectivity index (χ1) is 8.33. The van der Waals surface area contributed by atoms with E-state index in [-0.39, 0.29) is 6.10 Å². The number of aliphatic hydroxyl groups is 1. The van der Waals surface area contributed by atoms with Crippen LogP contribution in [-0.4, -0.2) is 24.4 Å². The Bertz CT molecular complexity index is 394. The standard InChI is InChI=1S/C14H18O3/c15-12-4-1-10(2-5-12)11-3-6-13-14(9-11)17-8-7-16-13/h3,6,9-10,12,15H,1-2,4-5,7-8H2. The normalized spacial score (nSPS) is 27.8. The van der Waals surface area contributed by atoms with Gasteiger partial charge in [-0.2, -0.15) is 0 Å². The van der Waals surface area contributed by atoms with E-state index < -0.39 is 0 Å². The van der Waals surface area contributed by atoms with Crippen LogP contribution in [0.5, 0.6) is 11.5 Å². The molecular weight excluding hydrogens is 216 g/mol. The Morgan fingerprint density at radius 1 is 0.941 bits per heavy atom. The fraction of sp³-hybridized carbons (Fsp3) is 0.571. The number of rotatable bonds is 1. The molecule has 1 aromatic rings. The topological polar surface area (TPSA) is 38.7 Å². The summed E-state index contributed by atoms with van der Waals surface area (Å²) in [6, 6.07) is 6.25. The Morgan fingerprint density at radius 2 is 1.65 bits per heavy atom. The molecule has 3 rings (SSSR count). The molecule has 0 atom stereocenters. The second-order valence-electron chi connectivity index (χ2n) is 4.91. The molecule has 0 amide bonds. The number of ether oxygens (including phenoxy) is 2. The predicted octanol–water partition coefficient (Wildman–Crippen LogP) is 2.48. The molecule has 1 aliphatic heterocycles. The molecule has 1 fully saturated rings. The molecule has 1 aromatic carbocycles. The van der Waals surface area contributed by atoms with Crippen molar-refractivity contribution in [3.05, 3.63) is 23.8 Å². The maximum atomic E-state index is 9.52. The van der Waals surface area contributed by atoms with E-state index in [0.717, 1.165) is 37.2 Å². The zero-order valence-corrected chi connectivity index (χ0v) is 9.89. The van der Waals surface area contributed by atoms with Crippen LogP contribution in [0, 0.1) is 0 Å². The second kappa shape index (κ2) is 4.57. The molecule has 1 N–H and O–H groups in total. The molecule has 0 unspecified atom stereocenters. The van der Waals surface area contributed by atoms with Crippen molar-refractivity contribution in [3.8, 4) is 11.5 Å². The molecule has 1 heterocycles. The molecule has 92 valence electrons. The van der Waals surface area contributed by atoms with Gasteiger partial charge in [-0.25, -0.2) is 0 Å². The molecule has 0 spiro atoms.